The fourth-order valence-electron chi connectivity index (χ4n) is 25.7. The minimum Gasteiger partial charge on any atom is -0.460 e. The molecule has 18 aliphatic rings. The summed E-state index contributed by atoms with van der Waals surface area (Å²) in [7, 11) is 0. The predicted molar refractivity (Wildman–Crippen MR) is 401 cm³/mol. The first-order chi connectivity index (χ1) is 46.6. The van der Waals surface area contributed by atoms with Crippen molar-refractivity contribution in [2.75, 3.05) is 13.2 Å². The van der Waals surface area contributed by atoms with Crippen molar-refractivity contribution in [3.05, 3.63) is 0 Å². The van der Waals surface area contributed by atoms with E-state index in [-0.39, 0.29) is 53.2 Å². The smallest absolute Gasteiger partial charge is 0.311 e. The molecule has 98 heavy (non-hydrogen) atoms. The summed E-state index contributed by atoms with van der Waals surface area (Å²) >= 11 is 0. The van der Waals surface area contributed by atoms with Gasteiger partial charge in [0.1, 0.15) is 11.2 Å². The van der Waals surface area contributed by atoms with Crippen LogP contribution in [0.15, 0.2) is 0 Å². The fourth-order valence-corrected chi connectivity index (χ4v) is 25.7. The molecule has 0 aromatic rings. The van der Waals surface area contributed by atoms with Crippen LogP contribution >= 0.6 is 0 Å². The summed E-state index contributed by atoms with van der Waals surface area (Å²) < 4.78 is 30.5. The molecular formula is C88H156O10. The molecule has 18 unspecified atom stereocenters. The average molecular weight is 1370 g/mol. The highest BCUT2D eigenvalue weighted by molar-refractivity contribution is 5.73. The lowest BCUT2D eigenvalue weighted by molar-refractivity contribution is -0.178. The number of esters is 4. The van der Waals surface area contributed by atoms with E-state index >= 15 is 0 Å². The van der Waals surface area contributed by atoms with Crippen molar-refractivity contribution in [3.63, 3.8) is 0 Å². The number of rotatable bonds is 8. The van der Waals surface area contributed by atoms with Gasteiger partial charge < -0.3 is 28.4 Å². The molecule has 0 N–H and O–H groups in total. The summed E-state index contributed by atoms with van der Waals surface area (Å²) in [5, 5.41) is 0. The Morgan fingerprint density at radius 2 is 0.612 bits per heavy atom. The molecule has 18 aliphatic carbocycles. The van der Waals surface area contributed by atoms with Crippen molar-refractivity contribution in [2.45, 2.75) is 362 Å². The Bertz CT molecular complexity index is 2200. The first-order valence-electron chi connectivity index (χ1n) is 42.6. The molecule has 10 heteroatoms. The fraction of sp³-hybridized carbons (Fsp3) is 0.955. The van der Waals surface area contributed by atoms with E-state index in [0.29, 0.717) is 18.6 Å². The Morgan fingerprint density at radius 3 is 0.857 bits per heavy atom. The first kappa shape index (κ1) is 83.1. The van der Waals surface area contributed by atoms with Crippen LogP contribution in [0.4, 0.5) is 0 Å². The molecule has 0 amide bonds. The predicted octanol–water partition coefficient (Wildman–Crippen LogP) is 23.2. The molecule has 0 aromatic heterocycles. The number of carbonyl (C=O) groups excluding carboxylic acids is 4. The zero-order valence-corrected chi connectivity index (χ0v) is 67.7. The van der Waals surface area contributed by atoms with Crippen LogP contribution in [-0.2, 0) is 47.6 Å². The Balaban J connectivity index is 0.000000159. The highest BCUT2D eigenvalue weighted by atomic mass is 16.7. The van der Waals surface area contributed by atoms with Crippen molar-refractivity contribution in [3.8, 4) is 0 Å². The number of fused-ring (bicyclic) bond motifs is 28. The second-order valence-electron chi connectivity index (χ2n) is 37.2. The van der Waals surface area contributed by atoms with Gasteiger partial charge >= 0.3 is 23.9 Å². The largest absolute Gasteiger partial charge is 0.460 e. The summed E-state index contributed by atoms with van der Waals surface area (Å²) in [5.74, 6) is 26.0. The van der Waals surface area contributed by atoms with Gasteiger partial charge in [-0.1, -0.05) is 82.1 Å². The van der Waals surface area contributed by atoms with Crippen molar-refractivity contribution in [1.29, 1.82) is 0 Å². The highest BCUT2D eigenvalue weighted by Crippen LogP contribution is 2.69. The molecular weight excluding hydrogens is 1220 g/mol. The Labute approximate surface area is 603 Å². The van der Waals surface area contributed by atoms with E-state index in [1.54, 1.807) is 123 Å². The van der Waals surface area contributed by atoms with Crippen LogP contribution in [0.2, 0.25) is 0 Å². The van der Waals surface area contributed by atoms with Gasteiger partial charge in [0.15, 0.2) is 12.6 Å². The van der Waals surface area contributed by atoms with E-state index in [0.717, 1.165) is 96.7 Å². The summed E-state index contributed by atoms with van der Waals surface area (Å²) in [6.45, 7) is 44.1. The van der Waals surface area contributed by atoms with Gasteiger partial charge in [0.25, 0.3) is 0 Å². The van der Waals surface area contributed by atoms with Crippen LogP contribution < -0.4 is 0 Å². The Hall–Kier alpha value is -2.20. The number of carbonyl (C=O) groups is 4. The maximum absolute atomic E-state index is 12.1. The average Bonchev–Trinajstić information content (AvgIpc) is 1.42. The maximum Gasteiger partial charge on any atom is 0.311 e. The standard InChI is InChI=1S/C15H24O3.C15H24O2.2C12H18.C12H20.C6H12O3.C6H12O2.2C3H8.2C2H6/c1-3-17-9(2)18-15(16)12-7-13-10-4-5-11(6-10)14(13)8-12;1-15(2,3)17-14(16)11-7-12-9-4-5-10(6-9)13(12)8-11;2*1-2-8-5-7(1)11-9-3-4-10(6-9)12(8)11;1-12(2)10-4-8-3-9(6-10)7-11(12)5-8;1-4-8-6(3)9-5(2)7;1-5(7)8-6(2,3)4;2*1-3-2;2*1-2/h9-14H,3-8H2,1-2H3;9-13H,4-8H2,1-3H3;2*7-12H,1-6H2;8-11H,3-7H2,1-2H3;6H,4H2,1-3H3;1-4H3;2*3H2,1-2H3;2*1-2H3. The Morgan fingerprint density at radius 1 is 0.357 bits per heavy atom. The molecule has 18 atom stereocenters. The van der Waals surface area contributed by atoms with Gasteiger partial charge in [0.2, 0.25) is 0 Å². The molecule has 18 rings (SSSR count). The van der Waals surface area contributed by atoms with E-state index in [4.69, 9.17) is 23.7 Å². The summed E-state index contributed by atoms with van der Waals surface area (Å²) in [6.07, 6.45) is 41.9. The molecule has 18 fully saturated rings. The number of hydrogen-bond donors (Lipinski definition) is 0. The topological polar surface area (TPSA) is 124 Å². The van der Waals surface area contributed by atoms with Gasteiger partial charge in [-0.25, -0.2) is 0 Å². The monoisotopic (exact) mass is 1370 g/mol. The van der Waals surface area contributed by atoms with Crippen LogP contribution in [0.1, 0.15) is 339 Å². The minimum absolute atomic E-state index is 0.0234. The highest BCUT2D eigenvalue weighted by Gasteiger charge is 2.61. The van der Waals surface area contributed by atoms with Gasteiger partial charge in [0, 0.05) is 27.1 Å². The number of ether oxygens (including phenoxy) is 6. The van der Waals surface area contributed by atoms with E-state index in [1.165, 1.54) is 136 Å². The van der Waals surface area contributed by atoms with Crippen molar-refractivity contribution < 1.29 is 47.6 Å². The Kier molecular flexibility index (Phi) is 31.9. The molecule has 16 bridgehead atoms. The molecule has 10 nitrogen and oxygen atoms in total. The second-order valence-corrected chi connectivity index (χ2v) is 37.2. The molecule has 0 radical (unpaired) electrons. The van der Waals surface area contributed by atoms with Crippen LogP contribution in [0, 0.1) is 159 Å². The van der Waals surface area contributed by atoms with Crippen LogP contribution in [0.5, 0.6) is 0 Å². The van der Waals surface area contributed by atoms with Gasteiger partial charge in [-0.15, -0.1) is 0 Å². The zero-order chi connectivity index (χ0) is 72.1. The van der Waals surface area contributed by atoms with E-state index in [9.17, 15) is 19.2 Å². The molecule has 0 aromatic carbocycles. The van der Waals surface area contributed by atoms with Crippen molar-refractivity contribution >= 4 is 23.9 Å². The zero-order valence-electron chi connectivity index (χ0n) is 67.7. The quantitative estimate of drug-likeness (QED) is 0.100. The second kappa shape index (κ2) is 37.7. The van der Waals surface area contributed by atoms with E-state index in [1.807, 2.05) is 83.1 Å². The minimum atomic E-state index is -0.410. The van der Waals surface area contributed by atoms with E-state index in [2.05, 4.69) is 46.3 Å². The third kappa shape index (κ3) is 21.1. The van der Waals surface area contributed by atoms with Gasteiger partial charge in [0.05, 0.1) is 11.8 Å². The summed E-state index contributed by atoms with van der Waals surface area (Å²) in [6, 6.07) is 0. The van der Waals surface area contributed by atoms with Crippen LogP contribution in [-0.4, -0.2) is 60.9 Å². The lowest BCUT2D eigenvalue weighted by atomic mass is 9.46. The third-order valence-corrected chi connectivity index (χ3v) is 28.3. The lowest BCUT2D eigenvalue weighted by Gasteiger charge is -2.59. The van der Waals surface area contributed by atoms with Crippen LogP contribution in [0.25, 0.3) is 0 Å². The van der Waals surface area contributed by atoms with E-state index < -0.39 is 6.29 Å². The third-order valence-electron chi connectivity index (χ3n) is 28.3. The summed E-state index contributed by atoms with van der Waals surface area (Å²) in [4.78, 5) is 44.7. The maximum atomic E-state index is 12.1. The molecule has 0 aliphatic heterocycles. The van der Waals surface area contributed by atoms with Gasteiger partial charge in [-0.05, 0) is 390 Å². The lowest BCUT2D eigenvalue weighted by Crippen LogP contribution is -2.49. The van der Waals surface area contributed by atoms with Crippen molar-refractivity contribution in [1.82, 2.24) is 0 Å². The first-order valence-corrected chi connectivity index (χ1v) is 42.6. The molecule has 0 saturated heterocycles. The normalized spacial score (nSPS) is 40.9. The van der Waals surface area contributed by atoms with Crippen molar-refractivity contribution in [2.24, 2.45) is 159 Å². The van der Waals surface area contributed by atoms with Gasteiger partial charge in [-0.2, -0.15) is 0 Å². The summed E-state index contributed by atoms with van der Waals surface area (Å²) in [5.41, 5.74) is 0.0486. The SMILES string of the molecule is C1CC2CC1C1C3CCC(C3)C21.C1CC2CC1C1C3CCC(C3)C21.CC.CC.CC(=O)OC(C)(C)C.CC(C)(C)OC(=O)C1CC2C3CCC(C3)C2C1.CC1(C)C2CC3CC(C2)CC1C3.CCC.CCC.CCOC(C)OC(=O)C1CC2C3CCC(C3)C2C1.CCOC(C)OC(C)=O. The molecule has 0 spiro atoms. The molecule has 18 saturated carbocycles. The molecule has 0 heterocycles. The van der Waals surface area contributed by atoms with Gasteiger partial charge in [-0.3, -0.25) is 19.2 Å². The molecule has 568 valence electrons. The van der Waals surface area contributed by atoms with Crippen LogP contribution in [0.3, 0.4) is 0 Å². The number of hydrogen-bond acceptors (Lipinski definition) is 10.